The fraction of sp³-hybridized carbons (Fsp3) is 0.158. The van der Waals surface area contributed by atoms with E-state index in [-0.39, 0.29) is 16.6 Å². The first kappa shape index (κ1) is 18.9. The fourth-order valence-electron chi connectivity index (χ4n) is 2.82. The van der Waals surface area contributed by atoms with Crippen molar-refractivity contribution in [1.29, 1.82) is 0 Å². The molecule has 0 unspecified atom stereocenters. The van der Waals surface area contributed by atoms with Crippen molar-refractivity contribution in [3.8, 4) is 16.5 Å². The van der Waals surface area contributed by atoms with Gasteiger partial charge in [-0.1, -0.05) is 17.4 Å². The van der Waals surface area contributed by atoms with E-state index in [0.29, 0.717) is 21.8 Å². The van der Waals surface area contributed by atoms with Crippen molar-refractivity contribution in [2.45, 2.75) is 13.5 Å². The van der Waals surface area contributed by atoms with Gasteiger partial charge in [-0.25, -0.2) is 15.0 Å². The van der Waals surface area contributed by atoms with Crippen LogP contribution in [0, 0.1) is 6.92 Å². The number of aryl methyl sites for hydroxylation is 1. The summed E-state index contributed by atoms with van der Waals surface area (Å²) in [4.78, 5) is 25.7. The summed E-state index contributed by atoms with van der Waals surface area (Å²) in [6.07, 6.45) is 2.50. The van der Waals surface area contributed by atoms with Gasteiger partial charge in [0.25, 0.3) is 5.91 Å². The smallest absolute Gasteiger partial charge is 0.320 e. The Labute approximate surface area is 168 Å². The van der Waals surface area contributed by atoms with Crippen LogP contribution in [0.15, 0.2) is 42.7 Å². The summed E-state index contributed by atoms with van der Waals surface area (Å²) in [6.45, 7) is -1.04. The van der Waals surface area contributed by atoms with Crippen LogP contribution in [-0.4, -0.2) is 32.5 Å². The lowest BCUT2D eigenvalue weighted by atomic mass is 10.2. The number of carbonyl (C=O) groups is 1. The molecule has 0 radical (unpaired) electrons. The Balaban J connectivity index is 1.59. The molecule has 29 heavy (non-hydrogen) atoms. The summed E-state index contributed by atoms with van der Waals surface area (Å²) < 4.78 is 32.2. The van der Waals surface area contributed by atoms with Gasteiger partial charge in [0.2, 0.25) is 0 Å². The van der Waals surface area contributed by atoms with Crippen molar-refractivity contribution in [2.24, 2.45) is 0 Å². The minimum Gasteiger partial charge on any atom is -0.497 e. The lowest BCUT2D eigenvalue weighted by molar-refractivity contribution is 0.0720. The molecule has 4 aromatic rings. The van der Waals surface area contributed by atoms with Gasteiger partial charge in [0.1, 0.15) is 11.4 Å². The summed E-state index contributed by atoms with van der Waals surface area (Å²) in [5.74, 6) is 0.359. The average Bonchev–Trinajstić information content (AvgIpc) is 3.33. The van der Waals surface area contributed by atoms with E-state index in [9.17, 15) is 13.6 Å². The molecular formula is C19H15F2N5O2S. The zero-order chi connectivity index (χ0) is 20.5. The topological polar surface area (TPSA) is 81.9 Å². The number of hydrogen-bond donors (Lipinski definition) is 1. The minimum atomic E-state index is -2.72. The van der Waals surface area contributed by atoms with Crippen LogP contribution in [0.1, 0.15) is 22.7 Å². The number of carbonyl (C=O) groups excluding carboxylic acids is 1. The number of fused-ring (bicyclic) bond motifs is 1. The van der Waals surface area contributed by atoms with E-state index in [1.165, 1.54) is 12.4 Å². The molecule has 3 aromatic heterocycles. The van der Waals surface area contributed by atoms with Crippen molar-refractivity contribution in [3.05, 3.63) is 54.1 Å². The number of methoxy groups -OCH3 is 1. The normalized spacial score (nSPS) is 11.2. The number of alkyl halides is 2. The molecule has 0 atom stereocenters. The van der Waals surface area contributed by atoms with Gasteiger partial charge in [-0.2, -0.15) is 8.78 Å². The summed E-state index contributed by atoms with van der Waals surface area (Å²) in [6, 6.07) is 8.73. The van der Waals surface area contributed by atoms with Gasteiger partial charge in [-0.15, -0.1) is 0 Å². The summed E-state index contributed by atoms with van der Waals surface area (Å²) >= 11 is 1.08. The highest BCUT2D eigenvalue weighted by Crippen LogP contribution is 2.33. The van der Waals surface area contributed by atoms with Gasteiger partial charge in [-0.05, 0) is 31.2 Å². The standard InChI is InChI=1S/C19H15F2N5O2S/c1-10-15(16-22-7-8-26(16)18(20)21)29-19(23-10)25-17(27)14-5-3-11-9-12(28-2)4-6-13(11)24-14/h3-9,18H,1-2H3,(H,23,25,27). The van der Waals surface area contributed by atoms with E-state index in [2.05, 4.69) is 20.3 Å². The lowest BCUT2D eigenvalue weighted by Crippen LogP contribution is -2.13. The number of amides is 1. The molecule has 148 valence electrons. The summed E-state index contributed by atoms with van der Waals surface area (Å²) in [5.41, 5.74) is 1.36. The second kappa shape index (κ2) is 7.55. The molecule has 0 saturated carbocycles. The first-order valence-electron chi connectivity index (χ1n) is 8.51. The zero-order valence-corrected chi connectivity index (χ0v) is 16.2. The number of pyridine rings is 1. The molecule has 0 aliphatic rings. The largest absolute Gasteiger partial charge is 0.497 e. The molecule has 0 fully saturated rings. The second-order valence-electron chi connectivity index (χ2n) is 6.08. The number of halogens is 2. The second-order valence-corrected chi connectivity index (χ2v) is 7.08. The Morgan fingerprint density at radius 2 is 2.07 bits per heavy atom. The van der Waals surface area contributed by atoms with Crippen LogP contribution in [0.3, 0.4) is 0 Å². The third kappa shape index (κ3) is 3.66. The fourth-order valence-corrected chi connectivity index (χ4v) is 3.78. The Morgan fingerprint density at radius 3 is 2.83 bits per heavy atom. The Morgan fingerprint density at radius 1 is 1.24 bits per heavy atom. The summed E-state index contributed by atoms with van der Waals surface area (Å²) in [5, 5.41) is 3.79. The Hall–Kier alpha value is -3.40. The Bertz CT molecular complexity index is 1200. The van der Waals surface area contributed by atoms with E-state index in [4.69, 9.17) is 4.74 Å². The molecular weight excluding hydrogens is 400 g/mol. The highest BCUT2D eigenvalue weighted by molar-refractivity contribution is 7.19. The molecule has 1 aromatic carbocycles. The van der Waals surface area contributed by atoms with E-state index in [1.54, 1.807) is 38.3 Å². The van der Waals surface area contributed by atoms with Crippen molar-refractivity contribution in [2.75, 3.05) is 12.4 Å². The average molecular weight is 415 g/mol. The number of anilines is 1. The number of aromatic nitrogens is 4. The lowest BCUT2D eigenvalue weighted by Gasteiger charge is -2.05. The highest BCUT2D eigenvalue weighted by Gasteiger charge is 2.20. The molecule has 4 rings (SSSR count). The number of hydrogen-bond acceptors (Lipinski definition) is 6. The molecule has 10 heteroatoms. The highest BCUT2D eigenvalue weighted by atomic mass is 32.1. The van der Waals surface area contributed by atoms with Gasteiger partial charge < -0.3 is 4.74 Å². The van der Waals surface area contributed by atoms with Gasteiger partial charge in [0.15, 0.2) is 11.0 Å². The number of thiazole rings is 1. The maximum atomic E-state index is 13.1. The van der Waals surface area contributed by atoms with Crippen molar-refractivity contribution in [3.63, 3.8) is 0 Å². The maximum Gasteiger partial charge on any atom is 0.320 e. The maximum absolute atomic E-state index is 13.1. The van der Waals surface area contributed by atoms with Crippen LogP contribution in [0.4, 0.5) is 13.9 Å². The van der Waals surface area contributed by atoms with Crippen molar-refractivity contribution >= 4 is 33.3 Å². The number of rotatable bonds is 5. The number of nitrogens with zero attached hydrogens (tertiary/aromatic N) is 4. The third-order valence-corrected chi connectivity index (χ3v) is 5.30. The number of benzene rings is 1. The van der Waals surface area contributed by atoms with E-state index < -0.39 is 12.5 Å². The molecule has 0 aliphatic carbocycles. The predicted octanol–water partition coefficient (Wildman–Crippen LogP) is 4.52. The SMILES string of the molecule is COc1ccc2nc(C(=O)Nc3nc(C)c(-c4nccn4C(F)F)s3)ccc2c1. The van der Waals surface area contributed by atoms with Gasteiger partial charge in [-0.3, -0.25) is 14.7 Å². The Kier molecular flexibility index (Phi) is 4.93. The van der Waals surface area contributed by atoms with Crippen LogP contribution < -0.4 is 10.1 Å². The predicted molar refractivity (Wildman–Crippen MR) is 106 cm³/mol. The first-order valence-corrected chi connectivity index (χ1v) is 9.33. The van der Waals surface area contributed by atoms with Crippen LogP contribution >= 0.6 is 11.3 Å². The zero-order valence-electron chi connectivity index (χ0n) is 15.4. The molecule has 3 heterocycles. The molecule has 0 aliphatic heterocycles. The van der Waals surface area contributed by atoms with Gasteiger partial charge >= 0.3 is 6.55 Å². The van der Waals surface area contributed by atoms with Crippen LogP contribution in [0.5, 0.6) is 5.75 Å². The minimum absolute atomic E-state index is 0.105. The van der Waals surface area contributed by atoms with Gasteiger partial charge in [0, 0.05) is 17.8 Å². The van der Waals surface area contributed by atoms with Crippen LogP contribution in [0.25, 0.3) is 21.6 Å². The van der Waals surface area contributed by atoms with E-state index in [1.807, 2.05) is 6.07 Å². The number of nitrogens with one attached hydrogen (secondary N) is 1. The first-order chi connectivity index (χ1) is 14.0. The molecule has 1 amide bonds. The van der Waals surface area contributed by atoms with Crippen molar-refractivity contribution < 1.29 is 18.3 Å². The molecule has 1 N–H and O–H groups in total. The number of imidazole rings is 1. The third-order valence-electron chi connectivity index (χ3n) is 4.23. The van der Waals surface area contributed by atoms with Gasteiger partial charge in [0.05, 0.1) is 23.2 Å². The monoisotopic (exact) mass is 415 g/mol. The molecule has 7 nitrogen and oxygen atoms in total. The van der Waals surface area contributed by atoms with E-state index >= 15 is 0 Å². The quantitative estimate of drug-likeness (QED) is 0.518. The molecule has 0 bridgehead atoms. The summed E-state index contributed by atoms with van der Waals surface area (Å²) in [7, 11) is 1.58. The van der Waals surface area contributed by atoms with E-state index in [0.717, 1.165) is 21.3 Å². The number of ether oxygens (including phenoxy) is 1. The molecule has 0 saturated heterocycles. The molecule has 0 spiro atoms. The van der Waals surface area contributed by atoms with Crippen LogP contribution in [-0.2, 0) is 0 Å². The van der Waals surface area contributed by atoms with Crippen molar-refractivity contribution in [1.82, 2.24) is 19.5 Å². The van der Waals surface area contributed by atoms with Crippen LogP contribution in [0.2, 0.25) is 0 Å².